The number of nitrogens with zero attached hydrogens (tertiary/aromatic N) is 3. The third kappa shape index (κ3) is 3.20. The summed E-state index contributed by atoms with van der Waals surface area (Å²) >= 11 is 0. The lowest BCUT2D eigenvalue weighted by Gasteiger charge is -2.35. The van der Waals surface area contributed by atoms with Gasteiger partial charge in [-0.25, -0.2) is 8.42 Å². The number of nitrogens with two attached hydrogens (primary N) is 1. The molecule has 0 saturated carbocycles. The number of benzene rings is 2. The van der Waals surface area contributed by atoms with Crippen LogP contribution in [-0.2, 0) is 10.0 Å². The Labute approximate surface area is 141 Å². The highest BCUT2D eigenvalue weighted by atomic mass is 32.2. The molecule has 0 atom stereocenters. The van der Waals surface area contributed by atoms with Crippen molar-refractivity contribution in [3.05, 3.63) is 54.1 Å². The highest BCUT2D eigenvalue weighted by molar-refractivity contribution is 7.89. The Balaban J connectivity index is 1.73. The highest BCUT2D eigenvalue weighted by Gasteiger charge is 2.28. The molecule has 1 heterocycles. The summed E-state index contributed by atoms with van der Waals surface area (Å²) in [7, 11) is -3.57. The van der Waals surface area contributed by atoms with Crippen molar-refractivity contribution in [2.24, 2.45) is 0 Å². The van der Waals surface area contributed by atoms with Crippen LogP contribution >= 0.6 is 0 Å². The van der Waals surface area contributed by atoms with Gasteiger partial charge in [0.15, 0.2) is 0 Å². The molecule has 2 N–H and O–H groups in total. The van der Waals surface area contributed by atoms with E-state index in [2.05, 4.69) is 4.90 Å². The number of piperazine rings is 1. The van der Waals surface area contributed by atoms with E-state index in [1.54, 1.807) is 12.1 Å². The van der Waals surface area contributed by atoms with E-state index in [1.165, 1.54) is 16.4 Å². The summed E-state index contributed by atoms with van der Waals surface area (Å²) in [6.07, 6.45) is 0. The molecule has 1 aliphatic rings. The van der Waals surface area contributed by atoms with E-state index in [4.69, 9.17) is 11.0 Å². The Hall–Kier alpha value is -2.56. The van der Waals surface area contributed by atoms with Crippen LogP contribution in [0.1, 0.15) is 5.56 Å². The minimum absolute atomic E-state index is 0.169. The summed E-state index contributed by atoms with van der Waals surface area (Å²) in [4.78, 5) is 2.31. The van der Waals surface area contributed by atoms with Gasteiger partial charge < -0.3 is 10.6 Å². The van der Waals surface area contributed by atoms with Crippen LogP contribution in [0.5, 0.6) is 0 Å². The fourth-order valence-corrected chi connectivity index (χ4v) is 4.22. The summed E-state index contributed by atoms with van der Waals surface area (Å²) in [6.45, 7) is 2.04. The van der Waals surface area contributed by atoms with E-state index in [-0.39, 0.29) is 4.90 Å². The molecule has 124 valence electrons. The molecular weight excluding hydrogens is 324 g/mol. The first-order valence-electron chi connectivity index (χ1n) is 7.61. The molecule has 6 nitrogen and oxygen atoms in total. The number of sulfonamides is 1. The number of nitrogen functional groups attached to an aromatic ring is 1. The molecule has 0 radical (unpaired) electrons. The molecule has 1 fully saturated rings. The van der Waals surface area contributed by atoms with Crippen LogP contribution in [0.25, 0.3) is 0 Å². The van der Waals surface area contributed by atoms with Crippen molar-refractivity contribution < 1.29 is 8.42 Å². The Kier molecular flexibility index (Phi) is 4.42. The van der Waals surface area contributed by atoms with Crippen LogP contribution in [0.3, 0.4) is 0 Å². The van der Waals surface area contributed by atoms with Gasteiger partial charge in [0, 0.05) is 37.6 Å². The SMILES string of the molecule is N#Cc1cccc(S(=O)(=O)N2CCN(c3ccc(N)cc3)CC2)c1. The summed E-state index contributed by atoms with van der Waals surface area (Å²) in [5, 5.41) is 8.94. The molecule has 0 bridgehead atoms. The Morgan fingerprint density at radius 1 is 1.00 bits per heavy atom. The van der Waals surface area contributed by atoms with Crippen LogP contribution in [0.15, 0.2) is 53.4 Å². The standard InChI is InChI=1S/C17H18N4O2S/c18-13-14-2-1-3-17(12-14)24(22,23)21-10-8-20(9-11-21)16-6-4-15(19)5-7-16/h1-7,12H,8-11,19H2. The van der Waals surface area contributed by atoms with Gasteiger partial charge >= 0.3 is 0 Å². The van der Waals surface area contributed by atoms with Gasteiger partial charge in [-0.05, 0) is 42.5 Å². The second-order valence-electron chi connectivity index (χ2n) is 5.62. The predicted octanol–water partition coefficient (Wildman–Crippen LogP) is 1.65. The van der Waals surface area contributed by atoms with Crippen molar-refractivity contribution in [1.82, 2.24) is 4.31 Å². The summed E-state index contributed by atoms with van der Waals surface area (Å²) < 4.78 is 26.9. The van der Waals surface area contributed by atoms with E-state index in [9.17, 15) is 8.42 Å². The molecule has 1 aliphatic heterocycles. The summed E-state index contributed by atoms with van der Waals surface area (Å²) in [6, 6.07) is 15.7. The van der Waals surface area contributed by atoms with Gasteiger partial charge in [-0.3, -0.25) is 0 Å². The van der Waals surface area contributed by atoms with Gasteiger partial charge in [0.05, 0.1) is 16.5 Å². The van der Waals surface area contributed by atoms with E-state index in [0.717, 1.165) is 5.69 Å². The lowest BCUT2D eigenvalue weighted by Crippen LogP contribution is -2.48. The first-order chi connectivity index (χ1) is 11.5. The van der Waals surface area contributed by atoms with Gasteiger partial charge in [-0.1, -0.05) is 6.07 Å². The molecule has 0 amide bonds. The topological polar surface area (TPSA) is 90.4 Å². The minimum Gasteiger partial charge on any atom is -0.399 e. The van der Waals surface area contributed by atoms with Crippen LogP contribution in [0, 0.1) is 11.3 Å². The normalized spacial score (nSPS) is 15.9. The quantitative estimate of drug-likeness (QED) is 0.857. The first-order valence-corrected chi connectivity index (χ1v) is 9.05. The molecule has 24 heavy (non-hydrogen) atoms. The van der Waals surface area contributed by atoms with Crippen LogP contribution in [0.2, 0.25) is 0 Å². The molecule has 0 aliphatic carbocycles. The fourth-order valence-electron chi connectivity index (χ4n) is 2.75. The molecule has 7 heteroatoms. The molecule has 1 saturated heterocycles. The molecule has 3 rings (SSSR count). The van der Waals surface area contributed by atoms with Crippen molar-refractivity contribution in [1.29, 1.82) is 5.26 Å². The second-order valence-corrected chi connectivity index (χ2v) is 7.56. The fraction of sp³-hybridized carbons (Fsp3) is 0.235. The van der Waals surface area contributed by atoms with E-state index >= 15 is 0 Å². The van der Waals surface area contributed by atoms with Crippen LogP contribution in [-0.4, -0.2) is 38.9 Å². The van der Waals surface area contributed by atoms with Gasteiger partial charge in [-0.2, -0.15) is 9.57 Å². The predicted molar refractivity (Wildman–Crippen MR) is 93.0 cm³/mol. The molecule has 0 unspecified atom stereocenters. The van der Waals surface area contributed by atoms with E-state index in [0.29, 0.717) is 37.4 Å². The van der Waals surface area contributed by atoms with Gasteiger partial charge in [0.2, 0.25) is 10.0 Å². The van der Waals surface area contributed by atoms with Gasteiger partial charge in [0.1, 0.15) is 0 Å². The average molecular weight is 342 g/mol. The maximum Gasteiger partial charge on any atom is 0.243 e. The number of rotatable bonds is 3. The minimum atomic E-state index is -3.57. The zero-order valence-electron chi connectivity index (χ0n) is 13.1. The van der Waals surface area contributed by atoms with E-state index in [1.807, 2.05) is 30.3 Å². The highest BCUT2D eigenvalue weighted by Crippen LogP contribution is 2.22. The van der Waals surface area contributed by atoms with Crippen molar-refractivity contribution in [2.45, 2.75) is 4.90 Å². The zero-order valence-corrected chi connectivity index (χ0v) is 13.9. The summed E-state index contributed by atoms with van der Waals surface area (Å²) in [5.74, 6) is 0. The first kappa shape index (κ1) is 16.3. The number of anilines is 2. The Bertz CT molecular complexity index is 864. The molecular formula is C17H18N4O2S. The third-order valence-electron chi connectivity index (χ3n) is 4.10. The smallest absolute Gasteiger partial charge is 0.243 e. The number of hydrogen-bond donors (Lipinski definition) is 1. The lowest BCUT2D eigenvalue weighted by molar-refractivity contribution is 0.385. The average Bonchev–Trinajstić information content (AvgIpc) is 2.62. The summed E-state index contributed by atoms with van der Waals surface area (Å²) in [5.41, 5.74) is 7.78. The van der Waals surface area contributed by atoms with Gasteiger partial charge in [-0.15, -0.1) is 0 Å². The molecule has 2 aromatic carbocycles. The zero-order chi connectivity index (χ0) is 17.2. The Morgan fingerprint density at radius 3 is 2.29 bits per heavy atom. The van der Waals surface area contributed by atoms with E-state index < -0.39 is 10.0 Å². The molecule has 2 aromatic rings. The number of nitriles is 1. The monoisotopic (exact) mass is 342 g/mol. The van der Waals surface area contributed by atoms with Crippen molar-refractivity contribution in [2.75, 3.05) is 36.8 Å². The maximum absolute atomic E-state index is 12.7. The Morgan fingerprint density at radius 2 is 1.67 bits per heavy atom. The maximum atomic E-state index is 12.7. The second kappa shape index (κ2) is 6.51. The van der Waals surface area contributed by atoms with Crippen LogP contribution in [0.4, 0.5) is 11.4 Å². The largest absolute Gasteiger partial charge is 0.399 e. The van der Waals surface area contributed by atoms with Crippen LogP contribution < -0.4 is 10.6 Å². The molecule has 0 spiro atoms. The van der Waals surface area contributed by atoms with Crippen molar-refractivity contribution in [3.63, 3.8) is 0 Å². The van der Waals surface area contributed by atoms with Gasteiger partial charge in [0.25, 0.3) is 0 Å². The van der Waals surface area contributed by atoms with Crippen molar-refractivity contribution >= 4 is 21.4 Å². The van der Waals surface area contributed by atoms with Crippen molar-refractivity contribution in [3.8, 4) is 6.07 Å². The number of hydrogen-bond acceptors (Lipinski definition) is 5. The third-order valence-corrected chi connectivity index (χ3v) is 5.99. The molecule has 0 aromatic heterocycles. The lowest BCUT2D eigenvalue weighted by atomic mass is 10.2.